The Kier molecular flexibility index (Phi) is 4.32. The average molecular weight is 332 g/mol. The largest absolute Gasteiger partial charge is 0.454 e. The van der Waals surface area contributed by atoms with Gasteiger partial charge in [-0.2, -0.15) is 10.1 Å². The van der Waals surface area contributed by atoms with Crippen LogP contribution in [-0.4, -0.2) is 25.1 Å². The molecule has 0 radical (unpaired) electrons. The highest BCUT2D eigenvalue weighted by atomic mass is 19.1. The maximum Gasteiger partial charge on any atom is 0.319 e. The van der Waals surface area contributed by atoms with Crippen molar-refractivity contribution in [3.8, 4) is 6.01 Å². The number of nitrogens with zero attached hydrogens (tertiary/aromatic N) is 4. The van der Waals surface area contributed by atoms with E-state index in [-0.39, 0.29) is 11.8 Å². The lowest BCUT2D eigenvalue weighted by atomic mass is 10.2. The Morgan fingerprint density at radius 1 is 1.21 bits per heavy atom. The quantitative estimate of drug-likeness (QED) is 0.746. The second-order valence-electron chi connectivity index (χ2n) is 5.07. The van der Waals surface area contributed by atoms with Crippen LogP contribution in [0.5, 0.6) is 6.01 Å². The molecule has 0 bridgehead atoms. The van der Waals surface area contributed by atoms with Crippen LogP contribution in [0.4, 0.5) is 20.4 Å². The van der Waals surface area contributed by atoms with E-state index in [0.29, 0.717) is 11.5 Å². The number of hydrogen-bond donors (Lipinski definition) is 2. The van der Waals surface area contributed by atoms with Crippen molar-refractivity contribution in [3.63, 3.8) is 0 Å². The molecular weight excluding hydrogens is 318 g/mol. The Morgan fingerprint density at radius 3 is 2.71 bits per heavy atom. The molecule has 3 aromatic heterocycles. The molecule has 3 heterocycles. The summed E-state index contributed by atoms with van der Waals surface area (Å²) >= 11 is 0. The molecule has 3 aromatic rings. The molecular formula is C15H14F2N6O. The van der Waals surface area contributed by atoms with Crippen molar-refractivity contribution in [3.05, 3.63) is 53.6 Å². The Labute approximate surface area is 136 Å². The minimum atomic E-state index is -0.643. The average Bonchev–Trinajstić information content (AvgIpc) is 2.96. The third kappa shape index (κ3) is 3.62. The van der Waals surface area contributed by atoms with Crippen LogP contribution in [0.3, 0.4) is 0 Å². The number of ether oxygens (including phenoxy) is 1. The number of pyridine rings is 1. The first-order valence-electron chi connectivity index (χ1n) is 7.11. The molecule has 1 unspecified atom stereocenters. The van der Waals surface area contributed by atoms with Gasteiger partial charge in [-0.1, -0.05) is 0 Å². The predicted octanol–water partition coefficient (Wildman–Crippen LogP) is 3.06. The molecule has 1 atom stereocenters. The zero-order chi connectivity index (χ0) is 17.1. The monoisotopic (exact) mass is 332 g/mol. The summed E-state index contributed by atoms with van der Waals surface area (Å²) in [7, 11) is 0. The number of hydrogen-bond acceptors (Lipinski definition) is 6. The molecule has 0 aromatic carbocycles. The van der Waals surface area contributed by atoms with Gasteiger partial charge in [0.1, 0.15) is 11.9 Å². The van der Waals surface area contributed by atoms with Gasteiger partial charge in [-0.25, -0.2) is 13.8 Å². The van der Waals surface area contributed by atoms with E-state index < -0.39 is 17.7 Å². The highest BCUT2D eigenvalue weighted by molar-refractivity contribution is 5.52. The lowest BCUT2D eigenvalue weighted by molar-refractivity contribution is 0.202. The number of H-pyrrole nitrogens is 1. The summed E-state index contributed by atoms with van der Waals surface area (Å²) in [4.78, 5) is 11.7. The zero-order valence-corrected chi connectivity index (χ0v) is 12.9. The molecule has 24 heavy (non-hydrogen) atoms. The Bertz CT molecular complexity index is 836. The summed E-state index contributed by atoms with van der Waals surface area (Å²) in [5, 5.41) is 9.42. The summed E-state index contributed by atoms with van der Waals surface area (Å²) in [6.45, 7) is 3.53. The van der Waals surface area contributed by atoms with Crippen LogP contribution in [0.25, 0.3) is 0 Å². The Morgan fingerprint density at radius 2 is 2.04 bits per heavy atom. The van der Waals surface area contributed by atoms with Crippen molar-refractivity contribution in [1.29, 1.82) is 0 Å². The third-order valence-electron chi connectivity index (χ3n) is 3.12. The van der Waals surface area contributed by atoms with Crippen molar-refractivity contribution in [2.45, 2.75) is 20.0 Å². The van der Waals surface area contributed by atoms with Gasteiger partial charge < -0.3 is 10.1 Å². The van der Waals surface area contributed by atoms with Crippen molar-refractivity contribution in [2.24, 2.45) is 0 Å². The summed E-state index contributed by atoms with van der Waals surface area (Å²) in [5.41, 5.74) is 1.32. The molecule has 0 aliphatic rings. The molecule has 3 rings (SSSR count). The molecule has 0 saturated carbocycles. The van der Waals surface area contributed by atoms with Crippen molar-refractivity contribution < 1.29 is 13.5 Å². The number of halogens is 2. The van der Waals surface area contributed by atoms with Crippen molar-refractivity contribution in [1.82, 2.24) is 25.1 Å². The molecule has 9 heteroatoms. The Hall–Kier alpha value is -3.10. The number of nitrogens with one attached hydrogen (secondary N) is 2. The van der Waals surface area contributed by atoms with E-state index in [4.69, 9.17) is 4.74 Å². The highest BCUT2D eigenvalue weighted by Gasteiger charge is 2.14. The summed E-state index contributed by atoms with van der Waals surface area (Å²) < 4.78 is 32.3. The van der Waals surface area contributed by atoms with Gasteiger partial charge in [0.2, 0.25) is 0 Å². The first-order chi connectivity index (χ1) is 11.5. The maximum absolute atomic E-state index is 13.8. The molecule has 0 fully saturated rings. The minimum Gasteiger partial charge on any atom is -0.454 e. The van der Waals surface area contributed by atoms with Gasteiger partial charge in [-0.3, -0.25) is 10.1 Å². The van der Waals surface area contributed by atoms with E-state index in [1.807, 2.05) is 6.92 Å². The molecule has 7 nitrogen and oxygen atoms in total. The van der Waals surface area contributed by atoms with E-state index in [9.17, 15) is 8.78 Å². The van der Waals surface area contributed by atoms with E-state index in [0.717, 1.165) is 18.1 Å². The topological polar surface area (TPSA) is 88.6 Å². The van der Waals surface area contributed by atoms with Gasteiger partial charge in [0, 0.05) is 11.8 Å². The van der Waals surface area contributed by atoms with Crippen LogP contribution in [-0.2, 0) is 0 Å². The first-order valence-corrected chi connectivity index (χ1v) is 7.11. The molecule has 124 valence electrons. The second kappa shape index (κ2) is 6.57. The molecule has 2 N–H and O–H groups in total. The lowest BCUT2D eigenvalue weighted by Crippen LogP contribution is -2.09. The van der Waals surface area contributed by atoms with Crippen LogP contribution in [0.2, 0.25) is 0 Å². The molecule has 0 spiro atoms. The van der Waals surface area contributed by atoms with Gasteiger partial charge in [0.25, 0.3) is 0 Å². The van der Waals surface area contributed by atoms with Gasteiger partial charge in [0.05, 0.1) is 18.1 Å². The maximum atomic E-state index is 13.8. The number of aryl methyl sites for hydroxylation is 1. The number of aromatic amines is 1. The highest BCUT2D eigenvalue weighted by Crippen LogP contribution is 2.21. The van der Waals surface area contributed by atoms with Crippen LogP contribution < -0.4 is 10.1 Å². The SMILES string of the molecule is Cc1cc(Nc2nc(OC(C)c3ccc(F)cn3)ncc2F)n[nH]1. The van der Waals surface area contributed by atoms with E-state index in [2.05, 4.69) is 30.5 Å². The summed E-state index contributed by atoms with van der Waals surface area (Å²) in [6, 6.07) is 4.44. The number of rotatable bonds is 5. The molecule has 0 saturated heterocycles. The Balaban J connectivity index is 1.76. The minimum absolute atomic E-state index is 0.0372. The smallest absolute Gasteiger partial charge is 0.319 e. The molecule has 0 amide bonds. The third-order valence-corrected chi connectivity index (χ3v) is 3.12. The zero-order valence-electron chi connectivity index (χ0n) is 12.9. The van der Waals surface area contributed by atoms with Gasteiger partial charge in [0.15, 0.2) is 17.5 Å². The number of anilines is 2. The van der Waals surface area contributed by atoms with Gasteiger partial charge in [-0.05, 0) is 26.0 Å². The van der Waals surface area contributed by atoms with E-state index >= 15 is 0 Å². The van der Waals surface area contributed by atoms with E-state index in [1.54, 1.807) is 13.0 Å². The van der Waals surface area contributed by atoms with Crippen molar-refractivity contribution >= 4 is 11.6 Å². The number of aromatic nitrogens is 5. The van der Waals surface area contributed by atoms with Crippen molar-refractivity contribution in [2.75, 3.05) is 5.32 Å². The van der Waals surface area contributed by atoms with Gasteiger partial charge in [-0.15, -0.1) is 0 Å². The lowest BCUT2D eigenvalue weighted by Gasteiger charge is -2.13. The first kappa shape index (κ1) is 15.8. The van der Waals surface area contributed by atoms with E-state index in [1.165, 1.54) is 12.1 Å². The van der Waals surface area contributed by atoms with Crippen LogP contribution in [0.1, 0.15) is 24.4 Å². The standard InChI is InChI=1S/C15H14F2N6O/c1-8-5-13(23-22-8)20-14-11(17)7-19-15(21-14)24-9(2)12-4-3-10(16)6-18-12/h3-7,9H,1-2H3,(H2,19,20,21,22,23). The molecule has 0 aliphatic carbocycles. The fraction of sp³-hybridized carbons (Fsp3) is 0.200. The van der Waals surface area contributed by atoms with Gasteiger partial charge >= 0.3 is 6.01 Å². The predicted molar refractivity (Wildman–Crippen MR) is 81.8 cm³/mol. The normalized spacial score (nSPS) is 12.0. The second-order valence-corrected chi connectivity index (χ2v) is 5.07. The van der Waals surface area contributed by atoms with Crippen LogP contribution >= 0.6 is 0 Å². The summed E-state index contributed by atoms with van der Waals surface area (Å²) in [5.74, 6) is -0.726. The fourth-order valence-corrected chi connectivity index (χ4v) is 1.94. The van der Waals surface area contributed by atoms with Crippen LogP contribution in [0.15, 0.2) is 30.6 Å². The van der Waals surface area contributed by atoms with Crippen LogP contribution in [0, 0.1) is 18.6 Å². The molecule has 0 aliphatic heterocycles. The fourth-order valence-electron chi connectivity index (χ4n) is 1.94. The summed E-state index contributed by atoms with van der Waals surface area (Å²) in [6.07, 6.45) is 1.55.